The van der Waals surface area contributed by atoms with E-state index in [9.17, 15) is 4.79 Å². The molecule has 1 heterocycles. The van der Waals surface area contributed by atoms with Crippen molar-refractivity contribution in [3.8, 4) is 0 Å². The van der Waals surface area contributed by atoms with E-state index in [1.165, 1.54) is 12.5 Å². The molecule has 0 saturated heterocycles. The largest absolute Gasteiger partial charge is 0.461 e. The summed E-state index contributed by atoms with van der Waals surface area (Å²) in [5.41, 5.74) is 2.13. The minimum Gasteiger partial charge on any atom is -0.461 e. The maximum Gasteiger partial charge on any atom is 0.195 e. The van der Waals surface area contributed by atoms with Gasteiger partial charge in [0, 0.05) is 18.9 Å². The fraction of sp³-hybridized carbons (Fsp3) is 0.154. The number of carbonyl (C=O) groups is 1. The normalized spacial score (nSPS) is 10.2. The maximum absolute atomic E-state index is 11.2. The van der Waals surface area contributed by atoms with Crippen LogP contribution in [0.15, 0.2) is 47.1 Å². The summed E-state index contributed by atoms with van der Waals surface area (Å²) in [6, 6.07) is 11.9. The average Bonchev–Trinajstić information content (AvgIpc) is 2.67. The van der Waals surface area contributed by atoms with Crippen LogP contribution in [0.3, 0.4) is 0 Å². The van der Waals surface area contributed by atoms with Crippen LogP contribution < -0.4 is 0 Å². The molecule has 0 atom stereocenters. The molecule has 2 nitrogen and oxygen atoms in total. The van der Waals surface area contributed by atoms with E-state index in [1.54, 1.807) is 6.26 Å². The molecule has 0 aliphatic carbocycles. The van der Waals surface area contributed by atoms with Crippen LogP contribution in [0.5, 0.6) is 0 Å². The van der Waals surface area contributed by atoms with Gasteiger partial charge in [-0.3, -0.25) is 4.79 Å². The first-order valence-electron chi connectivity index (χ1n) is 4.88. The lowest BCUT2D eigenvalue weighted by Gasteiger charge is -1.99. The first-order valence-corrected chi connectivity index (χ1v) is 4.88. The molecule has 76 valence electrons. The van der Waals surface area contributed by atoms with E-state index >= 15 is 0 Å². The summed E-state index contributed by atoms with van der Waals surface area (Å²) in [5, 5.41) is 0. The molecule has 1 aromatic carbocycles. The molecule has 0 saturated carbocycles. The van der Waals surface area contributed by atoms with Crippen molar-refractivity contribution >= 4 is 5.78 Å². The van der Waals surface area contributed by atoms with Crippen molar-refractivity contribution in [2.45, 2.75) is 13.3 Å². The second-order valence-corrected chi connectivity index (χ2v) is 3.49. The lowest BCUT2D eigenvalue weighted by Crippen LogP contribution is -1.96. The van der Waals surface area contributed by atoms with Crippen LogP contribution in [0.1, 0.15) is 28.6 Å². The highest BCUT2D eigenvalue weighted by atomic mass is 16.3. The molecule has 0 fully saturated rings. The number of ketones is 1. The van der Waals surface area contributed by atoms with Gasteiger partial charge in [-0.25, -0.2) is 0 Å². The maximum atomic E-state index is 11.2. The van der Waals surface area contributed by atoms with Gasteiger partial charge in [0.1, 0.15) is 0 Å². The molecule has 0 N–H and O–H groups in total. The molecule has 0 radical (unpaired) electrons. The van der Waals surface area contributed by atoms with E-state index in [1.807, 2.05) is 36.4 Å². The first kappa shape index (κ1) is 9.71. The van der Waals surface area contributed by atoms with Crippen molar-refractivity contribution in [2.24, 2.45) is 0 Å². The quantitative estimate of drug-likeness (QED) is 0.713. The second-order valence-electron chi connectivity index (χ2n) is 3.49. The van der Waals surface area contributed by atoms with Crippen molar-refractivity contribution in [3.63, 3.8) is 0 Å². The molecule has 15 heavy (non-hydrogen) atoms. The Bertz CT molecular complexity index is 454. The highest BCUT2D eigenvalue weighted by molar-refractivity contribution is 5.92. The molecule has 0 unspecified atom stereocenters. The Morgan fingerprint density at radius 2 is 1.93 bits per heavy atom. The van der Waals surface area contributed by atoms with Gasteiger partial charge in [0.25, 0.3) is 0 Å². The summed E-state index contributed by atoms with van der Waals surface area (Å²) in [4.78, 5) is 11.2. The van der Waals surface area contributed by atoms with Crippen LogP contribution in [0.4, 0.5) is 0 Å². The van der Waals surface area contributed by atoms with Crippen molar-refractivity contribution in [1.82, 2.24) is 0 Å². The molecule has 0 spiro atoms. The van der Waals surface area contributed by atoms with Crippen LogP contribution in [0.25, 0.3) is 0 Å². The average molecular weight is 200 g/mol. The molecule has 0 amide bonds. The minimum absolute atomic E-state index is 0.0223. The third-order valence-corrected chi connectivity index (χ3v) is 2.30. The van der Waals surface area contributed by atoms with E-state index in [2.05, 4.69) is 0 Å². The topological polar surface area (TPSA) is 30.2 Å². The van der Waals surface area contributed by atoms with Gasteiger partial charge >= 0.3 is 0 Å². The monoisotopic (exact) mass is 200 g/mol. The Balaban J connectivity index is 2.25. The van der Waals surface area contributed by atoms with Crippen LogP contribution in [0, 0.1) is 0 Å². The Labute approximate surface area is 88.5 Å². The second kappa shape index (κ2) is 4.13. The number of hydrogen-bond donors (Lipinski definition) is 0. The fourth-order valence-corrected chi connectivity index (χ4v) is 1.60. The summed E-state index contributed by atoms with van der Waals surface area (Å²) in [6.45, 7) is 1.52. The van der Waals surface area contributed by atoms with E-state index in [-0.39, 0.29) is 5.78 Å². The summed E-state index contributed by atoms with van der Waals surface area (Å²) in [7, 11) is 0. The summed E-state index contributed by atoms with van der Waals surface area (Å²) < 4.78 is 5.15. The molecule has 2 aromatic rings. The van der Waals surface area contributed by atoms with Gasteiger partial charge in [-0.15, -0.1) is 0 Å². The van der Waals surface area contributed by atoms with Crippen LogP contribution >= 0.6 is 0 Å². The van der Waals surface area contributed by atoms with Gasteiger partial charge < -0.3 is 4.42 Å². The molecule has 0 aliphatic heterocycles. The zero-order valence-electron chi connectivity index (χ0n) is 8.57. The number of benzene rings is 1. The summed E-state index contributed by atoms with van der Waals surface area (Å²) in [6.07, 6.45) is 2.31. The number of rotatable bonds is 3. The molecule has 2 heteroatoms. The van der Waals surface area contributed by atoms with E-state index in [4.69, 9.17) is 4.42 Å². The molecular formula is C13H12O2. The van der Waals surface area contributed by atoms with E-state index in [0.717, 1.165) is 12.0 Å². The lowest BCUT2D eigenvalue weighted by molar-refractivity contribution is 0.0986. The highest BCUT2D eigenvalue weighted by Gasteiger charge is 2.10. The zero-order chi connectivity index (χ0) is 10.7. The fourth-order valence-electron chi connectivity index (χ4n) is 1.60. The van der Waals surface area contributed by atoms with Crippen LogP contribution in [-0.4, -0.2) is 5.78 Å². The van der Waals surface area contributed by atoms with Gasteiger partial charge in [0.05, 0.1) is 6.26 Å². The zero-order valence-corrected chi connectivity index (χ0v) is 8.57. The number of hydrogen-bond acceptors (Lipinski definition) is 2. The minimum atomic E-state index is -0.0223. The van der Waals surface area contributed by atoms with E-state index < -0.39 is 0 Å². The number of carbonyl (C=O) groups excluding carboxylic acids is 1. The predicted molar refractivity (Wildman–Crippen MR) is 58.0 cm³/mol. The lowest BCUT2D eigenvalue weighted by atomic mass is 10.0. The third-order valence-electron chi connectivity index (χ3n) is 2.30. The van der Waals surface area contributed by atoms with Crippen LogP contribution in [-0.2, 0) is 6.42 Å². The van der Waals surface area contributed by atoms with Gasteiger partial charge in [0.2, 0.25) is 0 Å². The predicted octanol–water partition coefficient (Wildman–Crippen LogP) is 3.07. The van der Waals surface area contributed by atoms with Crippen molar-refractivity contribution in [2.75, 3.05) is 0 Å². The van der Waals surface area contributed by atoms with E-state index in [0.29, 0.717) is 5.76 Å². The number of furan rings is 1. The van der Waals surface area contributed by atoms with Gasteiger partial charge in [0.15, 0.2) is 11.5 Å². The SMILES string of the molecule is CC(=O)c1occc1Cc1ccccc1. The molecule has 2 rings (SSSR count). The first-order chi connectivity index (χ1) is 7.27. The highest BCUT2D eigenvalue weighted by Crippen LogP contribution is 2.15. The molecule has 1 aromatic heterocycles. The van der Waals surface area contributed by atoms with Crippen molar-refractivity contribution in [1.29, 1.82) is 0 Å². The molecule has 0 bridgehead atoms. The Morgan fingerprint density at radius 3 is 2.60 bits per heavy atom. The molecule has 0 aliphatic rings. The third kappa shape index (κ3) is 2.15. The smallest absolute Gasteiger partial charge is 0.195 e. The Hall–Kier alpha value is -1.83. The van der Waals surface area contributed by atoms with Crippen LogP contribution in [0.2, 0.25) is 0 Å². The standard InChI is InChI=1S/C13H12O2/c1-10(14)13-12(7-8-15-13)9-11-5-3-2-4-6-11/h2-8H,9H2,1H3. The van der Waals surface area contributed by atoms with Gasteiger partial charge in [-0.05, 0) is 11.6 Å². The summed E-state index contributed by atoms with van der Waals surface area (Å²) >= 11 is 0. The van der Waals surface area contributed by atoms with Gasteiger partial charge in [-0.2, -0.15) is 0 Å². The van der Waals surface area contributed by atoms with Gasteiger partial charge in [-0.1, -0.05) is 30.3 Å². The van der Waals surface area contributed by atoms with Crippen molar-refractivity contribution < 1.29 is 9.21 Å². The molecular weight excluding hydrogens is 188 g/mol. The van der Waals surface area contributed by atoms with Crippen molar-refractivity contribution in [3.05, 3.63) is 59.5 Å². The Morgan fingerprint density at radius 1 is 1.20 bits per heavy atom. The Kier molecular flexibility index (Phi) is 2.68. The summed E-state index contributed by atoms with van der Waals surface area (Å²) in [5.74, 6) is 0.449. The number of Topliss-reactive ketones (excluding diaryl/α,β-unsaturated/α-hetero) is 1.